The molecule has 0 saturated heterocycles. The van der Waals surface area contributed by atoms with E-state index in [4.69, 9.17) is 30.0 Å². The van der Waals surface area contributed by atoms with E-state index in [2.05, 4.69) is 142 Å². The van der Waals surface area contributed by atoms with Crippen molar-refractivity contribution in [2.75, 3.05) is 65.9 Å². The number of carbonyl (C=O) groups excluding carboxylic acids is 5. The number of nitrogens with zero attached hydrogens (tertiary/aromatic N) is 20. The molecule has 11 aliphatic rings. The molecule has 0 atom stereocenters. The zero-order chi connectivity index (χ0) is 97.9. The van der Waals surface area contributed by atoms with E-state index in [1.807, 2.05) is 121 Å². The Labute approximate surface area is 830 Å². The van der Waals surface area contributed by atoms with Crippen LogP contribution >= 0.6 is 0 Å². The predicted molar refractivity (Wildman–Crippen MR) is 549 cm³/mol. The van der Waals surface area contributed by atoms with Crippen molar-refractivity contribution in [1.29, 1.82) is 0 Å². The molecule has 5 saturated carbocycles. The third kappa shape index (κ3) is 22.5. The number of fused-ring (bicyclic) bond motifs is 5. The van der Waals surface area contributed by atoms with Crippen LogP contribution in [0, 0.1) is 35.4 Å². The molecule has 0 spiro atoms. The van der Waals surface area contributed by atoms with E-state index in [9.17, 15) is 28.4 Å². The van der Waals surface area contributed by atoms with Gasteiger partial charge in [-0.15, -0.1) is 0 Å². The number of hydrogen-bond donors (Lipinski definition) is 6. The lowest BCUT2D eigenvalue weighted by molar-refractivity contribution is -0.130. The number of aliphatic imine (C=N–C) groups is 1. The highest BCUT2D eigenvalue weighted by Crippen LogP contribution is 2.43. The fourth-order valence-electron chi connectivity index (χ4n) is 19.9. The first kappa shape index (κ1) is 94.0. The van der Waals surface area contributed by atoms with Crippen molar-refractivity contribution in [3.8, 4) is 44.8 Å². The monoisotopic (exact) mass is 1920 g/mol. The molecule has 32 nitrogen and oxygen atoms in total. The normalized spacial score (nSPS) is 16.4. The van der Waals surface area contributed by atoms with Crippen LogP contribution in [0.25, 0.3) is 50.3 Å². The average Bonchev–Trinajstić information content (AvgIpc) is 1.62. The summed E-state index contributed by atoms with van der Waals surface area (Å²) in [5, 5.41) is 57.1. The second kappa shape index (κ2) is 41.5. The number of H-pyrrole nitrogens is 1. The summed E-state index contributed by atoms with van der Waals surface area (Å²) in [6.45, 7) is 20.8. The Morgan fingerprint density at radius 3 is 1.01 bits per heavy atom. The van der Waals surface area contributed by atoms with Gasteiger partial charge in [0.25, 0.3) is 0 Å². The van der Waals surface area contributed by atoms with Crippen LogP contribution in [0.1, 0.15) is 161 Å². The Morgan fingerprint density at radius 2 is 0.706 bits per heavy atom. The van der Waals surface area contributed by atoms with Crippen molar-refractivity contribution < 1.29 is 32.9 Å². The Bertz CT molecular complexity index is 6910. The van der Waals surface area contributed by atoms with Crippen molar-refractivity contribution in [1.82, 2.24) is 98.5 Å². The summed E-state index contributed by atoms with van der Waals surface area (Å²) in [6, 6.07) is 51.5. The number of amides is 5. The highest BCUT2D eigenvalue weighted by molar-refractivity contribution is 6.11. The van der Waals surface area contributed by atoms with Crippen LogP contribution in [-0.2, 0) is 129 Å². The first-order valence-electron chi connectivity index (χ1n) is 50.6. The average molecular weight is 1920 g/mol. The number of allylic oxidation sites excluding steroid dienone is 1. The lowest BCUT2D eigenvalue weighted by Crippen LogP contribution is -2.34. The van der Waals surface area contributed by atoms with Gasteiger partial charge in [0.15, 0.2) is 29.1 Å². The number of anilines is 10. The number of aromatic nitrogens is 15. The first-order valence-corrected chi connectivity index (χ1v) is 50.6. The van der Waals surface area contributed by atoms with Gasteiger partial charge in [0.1, 0.15) is 12.1 Å². The molecule has 25 rings (SSSR count). The zero-order valence-corrected chi connectivity index (χ0v) is 82.1. The van der Waals surface area contributed by atoms with Gasteiger partial charge in [-0.2, -0.15) is 35.7 Å². The highest BCUT2D eigenvalue weighted by atomic mass is 19.1. The Morgan fingerprint density at radius 1 is 0.378 bits per heavy atom. The van der Waals surface area contributed by atoms with E-state index in [0.29, 0.717) is 32.7 Å². The number of aryl methyl sites for hydroxylation is 1. The Kier molecular flexibility index (Phi) is 27.2. The van der Waals surface area contributed by atoms with E-state index in [1.165, 1.54) is 105 Å². The maximum absolute atomic E-state index is 13.3. The van der Waals surface area contributed by atoms with Gasteiger partial charge in [0.2, 0.25) is 29.5 Å². The number of halogens is 1. The van der Waals surface area contributed by atoms with E-state index < -0.39 is 0 Å². The molecule has 0 bridgehead atoms. The molecule has 5 aliphatic carbocycles. The third-order valence-electron chi connectivity index (χ3n) is 29.0. The van der Waals surface area contributed by atoms with Crippen LogP contribution in [-0.4, -0.2) is 174 Å². The minimum absolute atomic E-state index is 0.0971. The van der Waals surface area contributed by atoms with Crippen LogP contribution in [0.4, 0.5) is 61.9 Å². The van der Waals surface area contributed by atoms with E-state index >= 15 is 0 Å². The first-order chi connectivity index (χ1) is 69.7. The van der Waals surface area contributed by atoms with Crippen molar-refractivity contribution >= 4 is 98.8 Å². The van der Waals surface area contributed by atoms with Gasteiger partial charge in [0, 0.05) is 259 Å². The third-order valence-corrected chi connectivity index (χ3v) is 29.0. The number of nitrogens with one attached hydrogen (secondary N) is 6. The standard InChI is InChI=1S/C24H25FN4O.C22H26N6O.C22H25N5O.C21H24N6O.C21H23N5O2/c1-16(30)28-12-11-23-22(15-28)24(27-29(23)14-17-5-6-17)26-21-4-2-3-19(13-21)18-7-9-20(25)10-8-18;1-15(29)27-11-9-21-19(14-27)22(25-28(21)13-16-6-7-16)24-18-5-3-4-17(12-18)20-8-10-23-26(20)2;1-15(28)26-10-8-21-20(14-26)22(25-27(21)13-16-5-6-16)24-19-4-2-3-17(11-19)18-7-9-23-12-18;1-14(28)26-10-8-20-18(13-26)21(25-27(20)12-15-5-6-15)23-17-4-2-3-16(11-17)19-7-9-22-24-19;1-14(27)25-8-7-20-19(12-25)21(24-26(20)11-15-5-6-15)23-18-4-2-3-16(9-18)17-10-22-28-13-17/h2-4,7-10,13,17H,5-6,11-12,14-15H2,1H3,(H,26,27);3-5,8,10,12,16H,6-7,9,11,13-14H2,1-2H3,(H,24,25);2-4,7,11-12,16H,5-6,8-10,13-14H2,1H3,(H,24,25);2-4,7,9,11,15H,5-6,8,10,12-13H2,1H3,(H,22,24)(H,23,25);2-4,9-10,13,15H,5-8,11-12H2,1H3,(H,23,24). The largest absolute Gasteiger partial charge is 0.364 e. The summed E-state index contributed by atoms with van der Waals surface area (Å²) in [7, 11) is 1.95. The molecule has 6 N–H and O–H groups in total. The van der Waals surface area contributed by atoms with Gasteiger partial charge in [-0.05, 0) is 207 Å². The summed E-state index contributed by atoms with van der Waals surface area (Å²) in [5.74, 6) is 8.38. The summed E-state index contributed by atoms with van der Waals surface area (Å²) < 4.78 is 30.9. The SMILES string of the molecule is CC(=O)N1CCc2c(c(Nc3cccc(-c4ccc(F)cc4)c3)nn2CC2CC2)C1.CC(=O)N1CCc2c(c(Nc3cccc(-c4ccn[nH]4)c3)nn2CC2CC2)C1.CC(=O)N1CCc2c(c(Nc3cccc(-c4ccnn4C)c3)nn2CC2CC2)C1.CC(=O)N1CCc2c(c(Nc3cccc(-c4cnoc4)c3)nn2CC2CC2)C1.CC(=O)N1CCc2c(c(Nc3cccc(C4=CCN=C4)c3)nn2CC2CC2)C1. The van der Waals surface area contributed by atoms with Crippen LogP contribution in [0.2, 0.25) is 0 Å². The van der Waals surface area contributed by atoms with E-state index in [0.717, 1.165) is 275 Å². The topological polar surface area (TPSA) is 336 Å². The van der Waals surface area contributed by atoms with Crippen molar-refractivity contribution in [3.05, 3.63) is 256 Å². The predicted octanol–water partition coefficient (Wildman–Crippen LogP) is 18.4. The molecule has 6 aromatic carbocycles. The molecule has 736 valence electrons. The van der Waals surface area contributed by atoms with Crippen molar-refractivity contribution in [3.63, 3.8) is 0 Å². The molecule has 6 aliphatic heterocycles. The summed E-state index contributed by atoms with van der Waals surface area (Å²) >= 11 is 0. The number of benzene rings is 6. The van der Waals surface area contributed by atoms with Crippen LogP contribution in [0.5, 0.6) is 0 Å². The Hall–Kier alpha value is -15.3. The second-order valence-electron chi connectivity index (χ2n) is 39.9. The van der Waals surface area contributed by atoms with Crippen molar-refractivity contribution in [2.24, 2.45) is 41.6 Å². The maximum Gasteiger partial charge on any atom is 0.219 e. The molecule has 0 unspecified atom stereocenters. The molecular formula is C110H123FN26O6. The fourth-order valence-corrected chi connectivity index (χ4v) is 19.9. The number of aromatic amines is 1. The molecule has 14 aromatic rings. The van der Waals surface area contributed by atoms with Crippen LogP contribution < -0.4 is 26.6 Å². The molecule has 33 heteroatoms. The zero-order valence-electron chi connectivity index (χ0n) is 82.1. The molecule has 5 amide bonds. The molecule has 5 fully saturated rings. The minimum Gasteiger partial charge on any atom is -0.364 e. The van der Waals surface area contributed by atoms with Gasteiger partial charge in [-0.3, -0.25) is 62.2 Å². The number of hydrogen-bond acceptors (Lipinski definition) is 20. The lowest BCUT2D eigenvalue weighted by atomic mass is 10.0. The smallest absolute Gasteiger partial charge is 0.219 e. The lowest BCUT2D eigenvalue weighted by Gasteiger charge is -2.26. The highest BCUT2D eigenvalue weighted by Gasteiger charge is 2.37. The Balaban J connectivity index is 0.000000106. The van der Waals surface area contributed by atoms with Crippen LogP contribution in [0.3, 0.4) is 0 Å². The van der Waals surface area contributed by atoms with E-state index in [-0.39, 0.29) is 35.4 Å². The van der Waals surface area contributed by atoms with Gasteiger partial charge < -0.3 is 55.6 Å². The minimum atomic E-state index is -0.240. The van der Waals surface area contributed by atoms with Gasteiger partial charge >= 0.3 is 0 Å². The summed E-state index contributed by atoms with van der Waals surface area (Å²) in [6.07, 6.45) is 28.2. The quantitative estimate of drug-likeness (QED) is 0.0309. The molecular weight excluding hydrogens is 1800 g/mol. The summed E-state index contributed by atoms with van der Waals surface area (Å²) in [4.78, 5) is 73.4. The molecule has 0 radical (unpaired) electrons. The fraction of sp³-hybridized carbons (Fsp3) is 0.382. The molecule has 143 heavy (non-hydrogen) atoms. The summed E-state index contributed by atoms with van der Waals surface area (Å²) in [5.41, 5.74) is 27.4. The number of rotatable bonds is 25. The molecule has 8 aromatic heterocycles. The number of carbonyl (C=O) groups is 5. The van der Waals surface area contributed by atoms with E-state index in [1.54, 1.807) is 65.4 Å². The van der Waals surface area contributed by atoms with Gasteiger partial charge in [-0.25, -0.2) is 4.39 Å². The van der Waals surface area contributed by atoms with Gasteiger partial charge in [-0.1, -0.05) is 84.0 Å². The molecule has 14 heterocycles. The second-order valence-corrected chi connectivity index (χ2v) is 39.9. The van der Waals surface area contributed by atoms with Crippen molar-refractivity contribution in [2.45, 2.75) is 196 Å². The van der Waals surface area contributed by atoms with Gasteiger partial charge in [0.05, 0.1) is 56.9 Å². The van der Waals surface area contributed by atoms with Crippen LogP contribution in [0.15, 0.2) is 198 Å². The maximum atomic E-state index is 13.3.